The zero-order valence-corrected chi connectivity index (χ0v) is 10.3. The fourth-order valence-corrected chi connectivity index (χ4v) is 2.33. The SMILES string of the molecule is COc1ccc(Cl)cc1S(=O)(=O)OCC(=O)O. The lowest BCUT2D eigenvalue weighted by atomic mass is 10.3. The van der Waals surface area contributed by atoms with E-state index in [1.807, 2.05) is 0 Å². The third-order valence-corrected chi connectivity index (χ3v) is 3.25. The quantitative estimate of drug-likeness (QED) is 0.814. The number of rotatable bonds is 5. The van der Waals surface area contributed by atoms with Gasteiger partial charge in [0.15, 0.2) is 6.61 Å². The molecule has 0 saturated carbocycles. The Labute approximate surface area is 103 Å². The van der Waals surface area contributed by atoms with Crippen molar-refractivity contribution < 1.29 is 27.2 Å². The number of benzene rings is 1. The summed E-state index contributed by atoms with van der Waals surface area (Å²) < 4.78 is 32.4. The fraction of sp³-hybridized carbons (Fsp3) is 0.222. The summed E-state index contributed by atoms with van der Waals surface area (Å²) in [7, 11) is -2.93. The van der Waals surface area contributed by atoms with E-state index >= 15 is 0 Å². The van der Waals surface area contributed by atoms with Crippen molar-refractivity contribution in [3.05, 3.63) is 23.2 Å². The summed E-state index contributed by atoms with van der Waals surface area (Å²) in [6.45, 7) is -0.960. The van der Waals surface area contributed by atoms with Crippen LogP contribution in [0.25, 0.3) is 0 Å². The summed E-state index contributed by atoms with van der Waals surface area (Å²) in [4.78, 5) is 9.94. The van der Waals surface area contributed by atoms with Gasteiger partial charge in [-0.05, 0) is 18.2 Å². The van der Waals surface area contributed by atoms with E-state index in [1.54, 1.807) is 0 Å². The molecule has 0 atom stereocenters. The Morgan fingerprint density at radius 3 is 2.65 bits per heavy atom. The number of carboxylic acids is 1. The van der Waals surface area contributed by atoms with Crippen LogP contribution < -0.4 is 4.74 Å². The molecule has 6 nitrogen and oxygen atoms in total. The van der Waals surface area contributed by atoms with Crippen molar-refractivity contribution in [3.63, 3.8) is 0 Å². The molecule has 0 radical (unpaired) electrons. The summed E-state index contributed by atoms with van der Waals surface area (Å²) in [6, 6.07) is 3.91. The Kier molecular flexibility index (Phi) is 4.33. The molecule has 0 spiro atoms. The Balaban J connectivity index is 3.13. The third kappa shape index (κ3) is 3.58. The van der Waals surface area contributed by atoms with Crippen LogP contribution in [-0.2, 0) is 19.1 Å². The van der Waals surface area contributed by atoms with Crippen LogP contribution in [0.4, 0.5) is 0 Å². The molecule has 1 N–H and O–H groups in total. The van der Waals surface area contributed by atoms with Gasteiger partial charge in [-0.3, -0.25) is 4.18 Å². The van der Waals surface area contributed by atoms with Gasteiger partial charge in [0, 0.05) is 5.02 Å². The second kappa shape index (κ2) is 5.35. The molecular formula is C9H9ClO6S. The molecule has 0 aliphatic rings. The molecule has 1 rings (SSSR count). The highest BCUT2D eigenvalue weighted by atomic mass is 35.5. The third-order valence-electron chi connectivity index (χ3n) is 1.73. The second-order valence-corrected chi connectivity index (χ2v) is 4.93. The predicted octanol–water partition coefficient (Wildman–Crippen LogP) is 1.14. The lowest BCUT2D eigenvalue weighted by molar-refractivity contribution is -0.139. The van der Waals surface area contributed by atoms with E-state index in [0.717, 1.165) is 6.07 Å². The van der Waals surface area contributed by atoms with Crippen molar-refractivity contribution >= 4 is 27.7 Å². The standard InChI is InChI=1S/C9H9ClO6S/c1-15-7-3-2-6(10)4-8(7)17(13,14)16-5-9(11)12/h2-4H,5H2,1H3,(H,11,12). The summed E-state index contributed by atoms with van der Waals surface area (Å²) in [6.07, 6.45) is 0. The van der Waals surface area contributed by atoms with Crippen LogP contribution in [0.15, 0.2) is 23.1 Å². The Morgan fingerprint density at radius 2 is 2.12 bits per heavy atom. The van der Waals surface area contributed by atoms with E-state index in [9.17, 15) is 13.2 Å². The molecular weight excluding hydrogens is 272 g/mol. The van der Waals surface area contributed by atoms with Gasteiger partial charge in [0.1, 0.15) is 10.6 Å². The van der Waals surface area contributed by atoms with Crippen molar-refractivity contribution in [2.45, 2.75) is 4.90 Å². The van der Waals surface area contributed by atoms with Gasteiger partial charge in [0.05, 0.1) is 7.11 Å². The van der Waals surface area contributed by atoms with Crippen molar-refractivity contribution in [2.24, 2.45) is 0 Å². The maximum Gasteiger partial charge on any atom is 0.331 e. The first-order chi connectivity index (χ1) is 7.86. The van der Waals surface area contributed by atoms with Gasteiger partial charge >= 0.3 is 16.1 Å². The van der Waals surface area contributed by atoms with E-state index in [2.05, 4.69) is 4.18 Å². The topological polar surface area (TPSA) is 89.9 Å². The van der Waals surface area contributed by atoms with Gasteiger partial charge in [-0.15, -0.1) is 0 Å². The molecule has 0 fully saturated rings. The summed E-state index contributed by atoms with van der Waals surface area (Å²) in [5.41, 5.74) is 0. The zero-order valence-electron chi connectivity index (χ0n) is 8.71. The second-order valence-electron chi connectivity index (χ2n) is 2.91. The van der Waals surface area contributed by atoms with E-state index in [0.29, 0.717) is 0 Å². The molecule has 0 aromatic heterocycles. The van der Waals surface area contributed by atoms with Crippen LogP contribution in [0.5, 0.6) is 5.75 Å². The summed E-state index contributed by atoms with van der Waals surface area (Å²) in [5.74, 6) is -1.37. The minimum atomic E-state index is -4.21. The summed E-state index contributed by atoms with van der Waals surface area (Å²) >= 11 is 5.65. The lowest BCUT2D eigenvalue weighted by Crippen LogP contribution is -2.14. The maximum atomic E-state index is 11.6. The predicted molar refractivity (Wildman–Crippen MR) is 58.8 cm³/mol. The molecule has 0 heterocycles. The number of methoxy groups -OCH3 is 1. The highest BCUT2D eigenvalue weighted by Gasteiger charge is 2.22. The maximum absolute atomic E-state index is 11.6. The number of hydrogen-bond donors (Lipinski definition) is 1. The minimum Gasteiger partial charge on any atom is -0.495 e. The Bertz CT molecular complexity index is 524. The number of hydrogen-bond acceptors (Lipinski definition) is 5. The molecule has 0 amide bonds. The van der Waals surface area contributed by atoms with Gasteiger partial charge in [0.2, 0.25) is 0 Å². The number of halogens is 1. The molecule has 8 heteroatoms. The number of ether oxygens (including phenoxy) is 1. The highest BCUT2D eigenvalue weighted by Crippen LogP contribution is 2.28. The van der Waals surface area contributed by atoms with Gasteiger partial charge < -0.3 is 9.84 Å². The largest absolute Gasteiger partial charge is 0.495 e. The first-order valence-electron chi connectivity index (χ1n) is 4.31. The Hall–Kier alpha value is -1.31. The Morgan fingerprint density at radius 1 is 1.47 bits per heavy atom. The van der Waals surface area contributed by atoms with E-state index in [1.165, 1.54) is 19.2 Å². The van der Waals surface area contributed by atoms with Crippen LogP contribution in [0.3, 0.4) is 0 Å². The molecule has 0 aliphatic heterocycles. The molecule has 0 bridgehead atoms. The van der Waals surface area contributed by atoms with Crippen molar-refractivity contribution in [2.75, 3.05) is 13.7 Å². The normalized spacial score (nSPS) is 11.2. The molecule has 0 aliphatic carbocycles. The molecule has 1 aromatic rings. The van der Waals surface area contributed by atoms with Crippen molar-refractivity contribution in [1.82, 2.24) is 0 Å². The van der Waals surface area contributed by atoms with Crippen molar-refractivity contribution in [3.8, 4) is 5.75 Å². The smallest absolute Gasteiger partial charge is 0.331 e. The van der Waals surface area contributed by atoms with Crippen LogP contribution in [-0.4, -0.2) is 33.2 Å². The van der Waals surface area contributed by atoms with Crippen LogP contribution in [0.1, 0.15) is 0 Å². The lowest BCUT2D eigenvalue weighted by Gasteiger charge is -2.08. The average molecular weight is 281 g/mol. The van der Waals surface area contributed by atoms with Gasteiger partial charge in [-0.25, -0.2) is 4.79 Å². The van der Waals surface area contributed by atoms with Crippen LogP contribution in [0.2, 0.25) is 5.02 Å². The minimum absolute atomic E-state index is 0.0276. The fourth-order valence-electron chi connectivity index (χ4n) is 1.04. The first kappa shape index (κ1) is 13.8. The summed E-state index contributed by atoms with van der Waals surface area (Å²) in [5, 5.41) is 8.53. The molecule has 0 unspecified atom stereocenters. The zero-order chi connectivity index (χ0) is 13.1. The van der Waals surface area contributed by atoms with Gasteiger partial charge in [-0.2, -0.15) is 8.42 Å². The van der Waals surface area contributed by atoms with Crippen LogP contribution in [0, 0.1) is 0 Å². The molecule has 94 valence electrons. The monoisotopic (exact) mass is 280 g/mol. The number of aliphatic carboxylic acids is 1. The average Bonchev–Trinajstić information content (AvgIpc) is 2.26. The molecule has 0 saturated heterocycles. The number of carbonyl (C=O) groups is 1. The van der Waals surface area contributed by atoms with Crippen molar-refractivity contribution in [1.29, 1.82) is 0 Å². The van der Waals surface area contributed by atoms with Crippen LogP contribution >= 0.6 is 11.6 Å². The van der Waals surface area contributed by atoms with E-state index in [-0.39, 0.29) is 15.7 Å². The molecule has 17 heavy (non-hydrogen) atoms. The highest BCUT2D eigenvalue weighted by molar-refractivity contribution is 7.86. The first-order valence-corrected chi connectivity index (χ1v) is 6.10. The molecule has 1 aromatic carbocycles. The van der Waals surface area contributed by atoms with E-state index < -0.39 is 22.7 Å². The number of carboxylic acid groups (broad SMARTS) is 1. The van der Waals surface area contributed by atoms with E-state index in [4.69, 9.17) is 21.4 Å². The van der Waals surface area contributed by atoms with Gasteiger partial charge in [-0.1, -0.05) is 11.6 Å². The van der Waals surface area contributed by atoms with Gasteiger partial charge in [0.25, 0.3) is 0 Å².